The maximum atomic E-state index is 12.7. The number of carbonyl (C=O) groups excluding carboxylic acids is 2. The maximum Gasteiger partial charge on any atom is 0.252 e. The lowest BCUT2D eigenvalue weighted by Gasteiger charge is -2.10. The van der Waals surface area contributed by atoms with Gasteiger partial charge in [-0.05, 0) is 50.6 Å². The molecule has 0 radical (unpaired) electrons. The van der Waals surface area contributed by atoms with Crippen molar-refractivity contribution in [3.8, 4) is 0 Å². The van der Waals surface area contributed by atoms with Gasteiger partial charge in [-0.25, -0.2) is 4.98 Å². The first-order valence-electron chi connectivity index (χ1n) is 8.41. The van der Waals surface area contributed by atoms with Crippen molar-refractivity contribution in [2.75, 3.05) is 11.9 Å². The number of pyridine rings is 1. The van der Waals surface area contributed by atoms with Crippen molar-refractivity contribution >= 4 is 44.5 Å². The molecule has 3 rings (SSSR count). The Labute approximate surface area is 165 Å². The molecule has 1 aromatic carbocycles. The van der Waals surface area contributed by atoms with Crippen LogP contribution < -0.4 is 10.6 Å². The van der Waals surface area contributed by atoms with Gasteiger partial charge >= 0.3 is 0 Å². The molecule has 0 saturated heterocycles. The van der Waals surface area contributed by atoms with Gasteiger partial charge in [0.05, 0.1) is 23.2 Å². The minimum atomic E-state index is -0.329. The third kappa shape index (κ3) is 4.00. The molecule has 27 heavy (non-hydrogen) atoms. The zero-order chi connectivity index (χ0) is 19.7. The van der Waals surface area contributed by atoms with Crippen LogP contribution in [0, 0.1) is 20.8 Å². The van der Waals surface area contributed by atoms with Crippen LogP contribution in [0.15, 0.2) is 28.7 Å². The number of aryl methyl sites for hydroxylation is 4. The van der Waals surface area contributed by atoms with Crippen LogP contribution in [0.25, 0.3) is 11.0 Å². The quantitative estimate of drug-likeness (QED) is 0.666. The van der Waals surface area contributed by atoms with Crippen LogP contribution in [0.2, 0.25) is 0 Å². The normalized spacial score (nSPS) is 10.9. The fourth-order valence-electron chi connectivity index (χ4n) is 2.97. The second kappa shape index (κ2) is 7.48. The second-order valence-corrected chi connectivity index (χ2v) is 7.32. The van der Waals surface area contributed by atoms with Gasteiger partial charge in [-0.15, -0.1) is 0 Å². The molecule has 0 unspecified atom stereocenters. The van der Waals surface area contributed by atoms with E-state index in [2.05, 4.69) is 36.6 Å². The molecule has 0 aliphatic carbocycles. The lowest BCUT2D eigenvalue weighted by Crippen LogP contribution is -2.33. The highest BCUT2D eigenvalue weighted by Crippen LogP contribution is 2.22. The van der Waals surface area contributed by atoms with Crippen LogP contribution in [-0.4, -0.2) is 33.1 Å². The van der Waals surface area contributed by atoms with Gasteiger partial charge < -0.3 is 10.6 Å². The zero-order valence-electron chi connectivity index (χ0n) is 15.6. The summed E-state index contributed by atoms with van der Waals surface area (Å²) >= 11 is 3.39. The highest BCUT2D eigenvalue weighted by molar-refractivity contribution is 9.10. The number of nitrogens with one attached hydrogen (secondary N) is 2. The van der Waals surface area contributed by atoms with Gasteiger partial charge in [-0.1, -0.05) is 15.9 Å². The number of amides is 2. The van der Waals surface area contributed by atoms with E-state index in [-0.39, 0.29) is 18.4 Å². The maximum absolute atomic E-state index is 12.7. The Balaban J connectivity index is 1.74. The number of benzene rings is 1. The van der Waals surface area contributed by atoms with Gasteiger partial charge in [0.2, 0.25) is 5.91 Å². The van der Waals surface area contributed by atoms with E-state index in [1.165, 1.54) is 0 Å². The van der Waals surface area contributed by atoms with Crippen molar-refractivity contribution in [1.29, 1.82) is 0 Å². The molecule has 0 bridgehead atoms. The van der Waals surface area contributed by atoms with E-state index in [4.69, 9.17) is 0 Å². The first-order chi connectivity index (χ1) is 12.8. The van der Waals surface area contributed by atoms with Crippen LogP contribution in [-0.2, 0) is 11.8 Å². The first-order valence-corrected chi connectivity index (χ1v) is 9.20. The third-order valence-corrected chi connectivity index (χ3v) is 4.71. The van der Waals surface area contributed by atoms with Gasteiger partial charge in [0.15, 0.2) is 5.65 Å². The van der Waals surface area contributed by atoms with Gasteiger partial charge in [-0.3, -0.25) is 14.3 Å². The molecular weight excluding hydrogens is 410 g/mol. The summed E-state index contributed by atoms with van der Waals surface area (Å²) in [7, 11) is 1.79. The molecule has 3 aromatic rings. The number of aromatic nitrogens is 3. The molecule has 2 aromatic heterocycles. The molecule has 2 heterocycles. The van der Waals surface area contributed by atoms with E-state index in [1.807, 2.05) is 39.0 Å². The van der Waals surface area contributed by atoms with Gasteiger partial charge in [0, 0.05) is 22.9 Å². The van der Waals surface area contributed by atoms with Crippen molar-refractivity contribution in [2.45, 2.75) is 20.8 Å². The Bertz CT molecular complexity index is 1060. The van der Waals surface area contributed by atoms with Crippen molar-refractivity contribution in [3.63, 3.8) is 0 Å². The van der Waals surface area contributed by atoms with Crippen LogP contribution in [0.5, 0.6) is 0 Å². The lowest BCUT2D eigenvalue weighted by molar-refractivity contribution is -0.115. The van der Waals surface area contributed by atoms with Crippen LogP contribution in [0.1, 0.15) is 27.3 Å². The number of rotatable bonds is 4. The Hall–Kier alpha value is -2.74. The molecule has 0 fully saturated rings. The van der Waals surface area contributed by atoms with Crippen molar-refractivity contribution in [1.82, 2.24) is 20.1 Å². The van der Waals surface area contributed by atoms with Gasteiger partial charge in [0.25, 0.3) is 5.91 Å². The van der Waals surface area contributed by atoms with Crippen molar-refractivity contribution < 1.29 is 9.59 Å². The average Bonchev–Trinajstić information content (AvgIpc) is 2.88. The molecule has 8 heteroatoms. The second-order valence-electron chi connectivity index (χ2n) is 6.41. The standard InChI is InChI=1S/C19H20BrN5O2/c1-10-7-13(20)5-6-15(10)23-16(26)9-21-19(27)14-8-11(2)22-18-17(14)12(3)24-25(18)4/h5-8H,9H2,1-4H3,(H,21,27)(H,23,26). The predicted octanol–water partition coefficient (Wildman–Crippen LogP) is 3.02. The van der Waals surface area contributed by atoms with E-state index in [0.29, 0.717) is 28.0 Å². The Morgan fingerprint density at radius 1 is 1.19 bits per heavy atom. The number of fused-ring (bicyclic) bond motifs is 1. The number of nitrogens with zero attached hydrogens (tertiary/aromatic N) is 3. The number of hydrogen-bond donors (Lipinski definition) is 2. The molecule has 0 saturated carbocycles. The van der Waals surface area contributed by atoms with E-state index >= 15 is 0 Å². The molecule has 2 amide bonds. The van der Waals surface area contributed by atoms with Crippen LogP contribution in [0.3, 0.4) is 0 Å². The van der Waals surface area contributed by atoms with E-state index in [0.717, 1.165) is 15.7 Å². The molecule has 2 N–H and O–H groups in total. The Kier molecular flexibility index (Phi) is 5.27. The summed E-state index contributed by atoms with van der Waals surface area (Å²) in [6, 6.07) is 7.29. The molecule has 140 valence electrons. The van der Waals surface area contributed by atoms with Crippen LogP contribution in [0.4, 0.5) is 5.69 Å². The minimum Gasteiger partial charge on any atom is -0.343 e. The van der Waals surface area contributed by atoms with Gasteiger partial charge in [-0.2, -0.15) is 5.10 Å². The summed E-state index contributed by atoms with van der Waals surface area (Å²) < 4.78 is 2.59. The third-order valence-electron chi connectivity index (χ3n) is 4.21. The number of carbonyl (C=O) groups is 2. The Morgan fingerprint density at radius 2 is 1.93 bits per heavy atom. The summed E-state index contributed by atoms with van der Waals surface area (Å²) in [6.45, 7) is 5.43. The highest BCUT2D eigenvalue weighted by Gasteiger charge is 2.18. The minimum absolute atomic E-state index is 0.128. The molecule has 0 spiro atoms. The smallest absolute Gasteiger partial charge is 0.252 e. The number of anilines is 1. The van der Waals surface area contributed by atoms with E-state index in [1.54, 1.807) is 17.8 Å². The molecular formula is C19H20BrN5O2. The summed E-state index contributed by atoms with van der Waals surface area (Å²) in [5, 5.41) is 10.5. The summed E-state index contributed by atoms with van der Waals surface area (Å²) in [4.78, 5) is 29.3. The van der Waals surface area contributed by atoms with Crippen molar-refractivity contribution in [2.24, 2.45) is 7.05 Å². The van der Waals surface area contributed by atoms with Crippen LogP contribution >= 0.6 is 15.9 Å². The average molecular weight is 430 g/mol. The summed E-state index contributed by atoms with van der Waals surface area (Å²) in [6.07, 6.45) is 0. The monoisotopic (exact) mass is 429 g/mol. The van der Waals surface area contributed by atoms with E-state index < -0.39 is 0 Å². The number of hydrogen-bond acceptors (Lipinski definition) is 4. The topological polar surface area (TPSA) is 88.9 Å². The SMILES string of the molecule is Cc1cc(C(=O)NCC(=O)Nc2ccc(Br)cc2C)c2c(C)nn(C)c2n1. The molecule has 7 nitrogen and oxygen atoms in total. The fourth-order valence-corrected chi connectivity index (χ4v) is 3.44. The predicted molar refractivity (Wildman–Crippen MR) is 108 cm³/mol. The fraction of sp³-hybridized carbons (Fsp3) is 0.263. The summed E-state index contributed by atoms with van der Waals surface area (Å²) in [5.41, 5.74) is 4.19. The summed E-state index contributed by atoms with van der Waals surface area (Å²) in [5.74, 6) is -0.622. The molecule has 0 aliphatic heterocycles. The van der Waals surface area contributed by atoms with E-state index in [9.17, 15) is 9.59 Å². The van der Waals surface area contributed by atoms with Crippen molar-refractivity contribution in [3.05, 3.63) is 51.3 Å². The highest BCUT2D eigenvalue weighted by atomic mass is 79.9. The lowest BCUT2D eigenvalue weighted by atomic mass is 10.1. The largest absolute Gasteiger partial charge is 0.343 e. The first kappa shape index (κ1) is 19.0. The molecule has 0 aliphatic rings. The molecule has 0 atom stereocenters. The Morgan fingerprint density at radius 3 is 2.63 bits per heavy atom. The number of halogens is 1. The van der Waals surface area contributed by atoms with Gasteiger partial charge in [0.1, 0.15) is 0 Å². The zero-order valence-corrected chi connectivity index (χ0v) is 17.1.